The van der Waals surface area contributed by atoms with Gasteiger partial charge in [0, 0.05) is 0 Å². The fourth-order valence-electron chi connectivity index (χ4n) is 46.6. The van der Waals surface area contributed by atoms with Crippen LogP contribution in [0.4, 0.5) is 0 Å². The van der Waals surface area contributed by atoms with Crippen LogP contribution in [0.5, 0.6) is 0 Å². The largest absolute Gasteiger partial charge is 0.469 e. The Morgan fingerprint density at radius 3 is 0.492 bits per heavy atom. The first-order valence-electron chi connectivity index (χ1n) is 57.2. The van der Waals surface area contributed by atoms with Gasteiger partial charge >= 0.3 is 23.9 Å². The van der Waals surface area contributed by atoms with Crippen LogP contribution in [-0.2, 0) is 38.1 Å². The van der Waals surface area contributed by atoms with E-state index in [1.165, 1.54) is 65.6 Å². The van der Waals surface area contributed by atoms with E-state index in [0.717, 1.165) is 237 Å². The molecule has 0 saturated heterocycles. The summed E-state index contributed by atoms with van der Waals surface area (Å²) in [7, 11) is 6.16. The van der Waals surface area contributed by atoms with Crippen molar-refractivity contribution < 1.29 is 38.1 Å². The van der Waals surface area contributed by atoms with Gasteiger partial charge in [-0.25, -0.2) is 0 Å². The number of carbonyl (C=O) groups is 4. The van der Waals surface area contributed by atoms with Gasteiger partial charge in [0.25, 0.3) is 0 Å². The highest BCUT2D eigenvalue weighted by Crippen LogP contribution is 2.83. The zero-order valence-corrected chi connectivity index (χ0v) is 93.8. The molecule has 24 fully saturated rings. The van der Waals surface area contributed by atoms with Crippen molar-refractivity contribution in [2.24, 2.45) is 373 Å². The lowest BCUT2D eigenvalue weighted by atomic mass is 9.50. The molecule has 132 heavy (non-hydrogen) atoms. The highest BCUT2D eigenvalue weighted by atomic mass is 16.5. The molecule has 0 spiro atoms. The summed E-state index contributed by atoms with van der Waals surface area (Å²) in [6, 6.07) is 0. The molecular formula is C124H208O8. The Labute approximate surface area is 812 Å². The molecule has 8 nitrogen and oxygen atoms in total. The summed E-state index contributed by atoms with van der Waals surface area (Å²) in [4.78, 5) is 48.8. The van der Waals surface area contributed by atoms with Crippen LogP contribution in [0.2, 0.25) is 0 Å². The molecule has 8 heteroatoms. The van der Waals surface area contributed by atoms with Crippen molar-refractivity contribution in [2.45, 2.75) is 354 Å². The second-order valence-corrected chi connectivity index (χ2v) is 60.5. The van der Waals surface area contributed by atoms with Gasteiger partial charge in [-0.15, -0.1) is 0 Å². The van der Waals surface area contributed by atoms with Gasteiger partial charge in [-0.3, -0.25) is 19.2 Å². The third-order valence-corrected chi connectivity index (χ3v) is 59.0. The highest BCUT2D eigenvalue weighted by Gasteiger charge is 2.79. The van der Waals surface area contributed by atoms with Crippen LogP contribution < -0.4 is 0 Å². The molecule has 0 aromatic heterocycles. The quantitative estimate of drug-likeness (QED) is 0.156. The fraction of sp³-hybridized carbons (Fsp3) is 0.968. The Balaban J connectivity index is 0.000000106. The number of rotatable bonds is 4. The number of esters is 4. The summed E-state index contributed by atoms with van der Waals surface area (Å²) < 4.78 is 20.4. The van der Waals surface area contributed by atoms with Gasteiger partial charge in [0.1, 0.15) is 0 Å². The van der Waals surface area contributed by atoms with Crippen LogP contribution >= 0.6 is 0 Å². The molecule has 0 N–H and O–H groups in total. The Hall–Kier alpha value is -2.12. The normalized spacial score (nSPS) is 58.2. The fourth-order valence-corrected chi connectivity index (χ4v) is 46.6. The van der Waals surface area contributed by atoms with Gasteiger partial charge in [-0.05, 0) is 456 Å². The van der Waals surface area contributed by atoms with Crippen molar-refractivity contribution in [2.75, 3.05) is 28.4 Å². The molecule has 56 atom stereocenters. The Kier molecular flexibility index (Phi) is 25.1. The predicted octanol–water partition coefficient (Wildman–Crippen LogP) is 30.3. The van der Waals surface area contributed by atoms with E-state index >= 15 is 0 Å². The standard InChI is InChI=1S/2C18H28O2.2C18H30.2C13H22O2.2C13H24/c2*1-8-9(2)12-6-11(8)15-13-7-14(16(12)15)18(4,10(13)3)17(19)20-5;2*1-9-10(2)12-7-11(9)15-13-8-14(16(12)15)18(5,6)17(13,3)4;2*1-7-8(2)11-6-10(7)9(3)13(11,4)12(14)15-5;2*1-8-9(2)11-7-10(8)12(3,4)13(11,5)6/h2*8-16H,6-7H2,1-5H3;2*9-16H,7-8H2,1-6H3;2*7-11H,6H2,1-5H3;2*8-11H,7H2,1-6H3. The number of fused-ring (bicyclic) bond motifs is 44. The number of hydrogen-bond donors (Lipinski definition) is 0. The first-order valence-corrected chi connectivity index (χ1v) is 57.2. The number of hydrogen-bond acceptors (Lipinski definition) is 8. The van der Waals surface area contributed by atoms with Crippen LogP contribution in [-0.4, -0.2) is 52.3 Å². The van der Waals surface area contributed by atoms with Crippen LogP contribution in [0.25, 0.3) is 0 Å². The molecule has 0 amide bonds. The maximum absolute atomic E-state index is 12.5. The van der Waals surface area contributed by atoms with E-state index in [0.29, 0.717) is 114 Å². The van der Waals surface area contributed by atoms with E-state index in [2.05, 4.69) is 277 Å². The molecule has 0 radical (unpaired) electrons. The molecule has 752 valence electrons. The van der Waals surface area contributed by atoms with E-state index in [4.69, 9.17) is 18.9 Å². The van der Waals surface area contributed by atoms with Crippen LogP contribution in [0, 0.1) is 373 Å². The molecule has 24 rings (SSSR count). The molecule has 0 aromatic carbocycles. The van der Waals surface area contributed by atoms with Gasteiger partial charge in [0.05, 0.1) is 50.1 Å². The maximum atomic E-state index is 12.5. The summed E-state index contributed by atoms with van der Waals surface area (Å²) in [6.07, 6.45) is 17.1. The predicted molar refractivity (Wildman–Crippen MR) is 541 cm³/mol. The van der Waals surface area contributed by atoms with Crippen molar-refractivity contribution >= 4 is 23.9 Å². The molecule has 24 saturated carbocycles. The zero-order valence-electron chi connectivity index (χ0n) is 93.8. The van der Waals surface area contributed by atoms with Gasteiger partial charge in [-0.1, -0.05) is 249 Å². The molecule has 0 aliphatic heterocycles. The van der Waals surface area contributed by atoms with E-state index in [1.807, 2.05) is 0 Å². The molecular weight excluding hydrogens is 1620 g/mol. The molecule has 0 aromatic rings. The minimum absolute atomic E-state index is 0.00116. The van der Waals surface area contributed by atoms with Crippen LogP contribution in [0.1, 0.15) is 354 Å². The van der Waals surface area contributed by atoms with E-state index in [-0.39, 0.29) is 45.5 Å². The summed E-state index contributed by atoms with van der Waals surface area (Å²) in [5, 5.41) is 0. The van der Waals surface area contributed by atoms with Crippen LogP contribution in [0.3, 0.4) is 0 Å². The van der Waals surface area contributed by atoms with Crippen molar-refractivity contribution in [1.29, 1.82) is 0 Å². The van der Waals surface area contributed by atoms with E-state index in [1.54, 1.807) is 39.9 Å². The summed E-state index contributed by atoms with van der Waals surface area (Å²) in [5.74, 6) is 45.4. The Morgan fingerprint density at radius 2 is 0.303 bits per heavy atom. The monoisotopic (exact) mass is 1830 g/mol. The first-order chi connectivity index (χ1) is 60.9. The van der Waals surface area contributed by atoms with Crippen molar-refractivity contribution in [1.82, 2.24) is 0 Å². The SMILES string of the molecule is CC1C(C)C2CC1C(C)(C)C2(C)C.CC1C(C)C2CC1C(C)(C)C2(C)C.CC1C(C)C2CC1C1C2C2CC1C(C)(C)C2(C)C.CC1C(C)C2CC1C1C2C2CC1C(C)(C)C2(C)C.COC(=O)C1(C)C(C)C2CC1C(C)C2C.COC(=O)C1(C)C(C)C2CC1C(C)C2C.COC(=O)C1(C)C(C)C2CC1C1C3CC(C(C)C3C)C21.COC(=O)C1(C)C(C)C2CC1C1C3CC(C(C)C3C)C21. The maximum Gasteiger partial charge on any atom is 0.312 e. The highest BCUT2D eigenvalue weighted by molar-refractivity contribution is 5.80. The summed E-state index contributed by atoms with van der Waals surface area (Å²) >= 11 is 0. The lowest BCUT2D eigenvalue weighted by molar-refractivity contribution is -0.164. The number of methoxy groups -OCH3 is 4. The molecule has 56 unspecified atom stereocenters. The summed E-state index contributed by atoms with van der Waals surface area (Å²) in [6.45, 7) is 97.4. The lowest BCUT2D eigenvalue weighted by Crippen LogP contribution is -2.50. The zero-order chi connectivity index (χ0) is 97.6. The topological polar surface area (TPSA) is 105 Å². The van der Waals surface area contributed by atoms with E-state index < -0.39 is 0 Å². The molecule has 24 aliphatic rings. The van der Waals surface area contributed by atoms with Crippen molar-refractivity contribution in [3.8, 4) is 0 Å². The van der Waals surface area contributed by atoms with Gasteiger partial charge < -0.3 is 18.9 Å². The first kappa shape index (κ1) is 101. The van der Waals surface area contributed by atoms with E-state index in [9.17, 15) is 19.2 Å². The smallest absolute Gasteiger partial charge is 0.312 e. The average Bonchev–Trinajstić information content (AvgIpc) is 1.44. The second kappa shape index (κ2) is 32.7. The molecule has 24 aliphatic carbocycles. The minimum Gasteiger partial charge on any atom is -0.469 e. The van der Waals surface area contributed by atoms with Crippen molar-refractivity contribution in [3.05, 3.63) is 0 Å². The van der Waals surface area contributed by atoms with Crippen molar-refractivity contribution in [3.63, 3.8) is 0 Å². The molecule has 0 heterocycles. The minimum atomic E-state index is -0.231. The van der Waals surface area contributed by atoms with Gasteiger partial charge in [0.2, 0.25) is 0 Å². The molecule has 24 bridgehead atoms. The second-order valence-electron chi connectivity index (χ2n) is 60.5. The summed E-state index contributed by atoms with van der Waals surface area (Å²) in [5.41, 5.74) is 3.65. The number of ether oxygens (including phenoxy) is 4. The number of carbonyl (C=O) groups excluding carboxylic acids is 4. The van der Waals surface area contributed by atoms with Gasteiger partial charge in [-0.2, -0.15) is 0 Å². The van der Waals surface area contributed by atoms with Gasteiger partial charge in [0.15, 0.2) is 0 Å². The Morgan fingerprint density at radius 1 is 0.159 bits per heavy atom. The van der Waals surface area contributed by atoms with Crippen LogP contribution in [0.15, 0.2) is 0 Å². The average molecular weight is 1830 g/mol. The third-order valence-electron chi connectivity index (χ3n) is 59.0. The third kappa shape index (κ3) is 12.7. The lowest BCUT2D eigenvalue weighted by Gasteiger charge is -2.55. The Bertz CT molecular complexity index is 3930.